The molecule has 5 aromatic carbocycles. The van der Waals surface area contributed by atoms with E-state index in [1.54, 1.807) is 23.1 Å². The first-order valence-electron chi connectivity index (χ1n) is 23.1. The lowest BCUT2D eigenvalue weighted by molar-refractivity contribution is -0.130. The zero-order valence-corrected chi connectivity index (χ0v) is 39.6. The van der Waals surface area contributed by atoms with E-state index in [9.17, 15) is 24.3 Å². The van der Waals surface area contributed by atoms with Gasteiger partial charge in [-0.05, 0) is 135 Å². The number of amides is 3. The van der Waals surface area contributed by atoms with E-state index in [0.29, 0.717) is 30.5 Å². The second-order valence-electron chi connectivity index (χ2n) is 18.3. The highest BCUT2D eigenvalue weighted by atomic mass is 16.4. The van der Waals surface area contributed by atoms with Crippen LogP contribution in [0.2, 0.25) is 0 Å². The Morgan fingerprint density at radius 2 is 1.18 bits per heavy atom. The number of hydrogen-bond donors (Lipinski definition) is 3. The number of piperazine rings is 2. The fourth-order valence-electron chi connectivity index (χ4n) is 8.86. The van der Waals surface area contributed by atoms with Crippen LogP contribution in [0.3, 0.4) is 0 Å². The van der Waals surface area contributed by atoms with E-state index in [2.05, 4.69) is 62.5 Å². The monoisotopic (exact) mass is 892 g/mol. The number of anilines is 2. The van der Waals surface area contributed by atoms with Crippen LogP contribution >= 0.6 is 0 Å². The average molecular weight is 892 g/mol. The highest BCUT2D eigenvalue weighted by Crippen LogP contribution is 2.29. The van der Waals surface area contributed by atoms with E-state index in [1.807, 2.05) is 101 Å². The van der Waals surface area contributed by atoms with Gasteiger partial charge < -0.3 is 40.2 Å². The minimum atomic E-state index is -0.984. The van der Waals surface area contributed by atoms with Gasteiger partial charge in [-0.3, -0.25) is 14.4 Å². The third kappa shape index (κ3) is 11.7. The molecule has 2 aliphatic rings. The van der Waals surface area contributed by atoms with Gasteiger partial charge in [0.1, 0.15) is 0 Å². The van der Waals surface area contributed by atoms with Crippen LogP contribution in [0.15, 0.2) is 103 Å². The van der Waals surface area contributed by atoms with Crippen molar-refractivity contribution in [1.82, 2.24) is 25.3 Å². The molecule has 66 heavy (non-hydrogen) atoms. The highest BCUT2D eigenvalue weighted by molar-refractivity contribution is 5.98. The summed E-state index contributed by atoms with van der Waals surface area (Å²) in [6.45, 7) is 15.5. The molecule has 2 heterocycles. The van der Waals surface area contributed by atoms with Crippen molar-refractivity contribution in [3.63, 3.8) is 0 Å². The molecule has 5 aromatic rings. The third-order valence-corrected chi connectivity index (χ3v) is 13.4. The zero-order chi connectivity index (χ0) is 47.1. The molecular formula is C54H65N7O5. The standard InChI is InChI=1S/C54H65N7O5/c1-36-17-19-47(60-25-21-57(5)22-26-60)33-49(36)52(63)55-38(3)41-12-8-11-40(29-41)18-20-51(62)59(7)35-46-32-48(61-27-23-58(6)24-28-61)34-50(37(46)2)53(64)56-39(4)42-13-9-14-43(30-42)44-15-10-16-45(31-44)54(65)66/h8-17,19,29-34,38-39H,18,20-28,35H2,1-7H3,(H,55,63)(H,56,64)(H,65,66)/t38-,39-/m1/s1. The van der Waals surface area contributed by atoms with Crippen molar-refractivity contribution < 1.29 is 24.3 Å². The van der Waals surface area contributed by atoms with Gasteiger partial charge in [-0.25, -0.2) is 4.79 Å². The molecule has 0 unspecified atom stereocenters. The fourth-order valence-corrected chi connectivity index (χ4v) is 8.86. The van der Waals surface area contributed by atoms with Crippen molar-refractivity contribution in [1.29, 1.82) is 0 Å². The van der Waals surface area contributed by atoms with Crippen molar-refractivity contribution in [2.24, 2.45) is 0 Å². The minimum Gasteiger partial charge on any atom is -0.478 e. The molecule has 0 saturated carbocycles. The molecule has 0 spiro atoms. The molecule has 3 N–H and O–H groups in total. The lowest BCUT2D eigenvalue weighted by Crippen LogP contribution is -2.44. The van der Waals surface area contributed by atoms with E-state index in [0.717, 1.165) is 108 Å². The Bertz CT molecular complexity index is 2560. The van der Waals surface area contributed by atoms with Gasteiger partial charge in [-0.15, -0.1) is 0 Å². The SMILES string of the molecule is Cc1ccc(N2CCN(C)CC2)cc1C(=O)N[C@H](C)c1cccc(CCC(=O)N(C)Cc2cc(N3CCN(C)CC3)cc(C(=O)N[C@H](C)c3cccc(-c4cccc(C(=O)O)c4)c3)c2C)c1. The third-order valence-electron chi connectivity index (χ3n) is 13.4. The summed E-state index contributed by atoms with van der Waals surface area (Å²) in [5, 5.41) is 16.0. The predicted octanol–water partition coefficient (Wildman–Crippen LogP) is 7.75. The van der Waals surface area contributed by atoms with Gasteiger partial charge in [-0.1, -0.05) is 60.7 Å². The second kappa shape index (κ2) is 21.2. The number of hydrogen-bond acceptors (Lipinski definition) is 8. The number of nitrogens with one attached hydrogen (secondary N) is 2. The number of carbonyl (C=O) groups is 4. The molecule has 0 bridgehead atoms. The predicted molar refractivity (Wildman–Crippen MR) is 264 cm³/mol. The lowest BCUT2D eigenvalue weighted by Gasteiger charge is -2.35. The maximum absolute atomic E-state index is 14.2. The van der Waals surface area contributed by atoms with Crippen molar-refractivity contribution in [3.8, 4) is 11.1 Å². The van der Waals surface area contributed by atoms with Gasteiger partial charge in [0.25, 0.3) is 11.8 Å². The minimum absolute atomic E-state index is 0.00439. The molecule has 7 rings (SSSR count). The molecule has 0 aliphatic carbocycles. The van der Waals surface area contributed by atoms with E-state index >= 15 is 0 Å². The number of rotatable bonds is 15. The highest BCUT2D eigenvalue weighted by Gasteiger charge is 2.24. The molecule has 0 aromatic heterocycles. The summed E-state index contributed by atoms with van der Waals surface area (Å²) in [5.41, 5.74) is 10.7. The molecule has 346 valence electrons. The Labute approximate surface area is 390 Å². The molecule has 2 atom stereocenters. The summed E-state index contributed by atoms with van der Waals surface area (Å²) in [6, 6.07) is 32.4. The number of aryl methyl sites for hydroxylation is 2. The van der Waals surface area contributed by atoms with Crippen molar-refractivity contribution in [2.45, 2.75) is 59.2 Å². The smallest absolute Gasteiger partial charge is 0.335 e. The van der Waals surface area contributed by atoms with Gasteiger partial charge in [-0.2, -0.15) is 0 Å². The number of carbonyl (C=O) groups excluding carboxylic acids is 3. The van der Waals surface area contributed by atoms with Gasteiger partial charge in [0.05, 0.1) is 17.6 Å². The first-order chi connectivity index (χ1) is 31.6. The lowest BCUT2D eigenvalue weighted by atomic mass is 9.97. The molecule has 3 amide bonds. The zero-order valence-electron chi connectivity index (χ0n) is 39.6. The first kappa shape index (κ1) is 47.5. The number of aromatic carboxylic acids is 1. The van der Waals surface area contributed by atoms with Crippen LogP contribution in [0, 0.1) is 13.8 Å². The Morgan fingerprint density at radius 1 is 0.636 bits per heavy atom. The average Bonchev–Trinajstić information content (AvgIpc) is 3.32. The van der Waals surface area contributed by atoms with Crippen LogP contribution in [0.1, 0.15) is 96.8 Å². The quantitative estimate of drug-likeness (QED) is 0.0968. The first-order valence-corrected chi connectivity index (χ1v) is 23.1. The maximum atomic E-state index is 14.2. The normalized spacial score (nSPS) is 15.5. The van der Waals surface area contributed by atoms with Crippen LogP contribution in [0.4, 0.5) is 11.4 Å². The van der Waals surface area contributed by atoms with Crippen molar-refractivity contribution >= 4 is 35.1 Å². The number of benzene rings is 5. The van der Waals surface area contributed by atoms with Crippen molar-refractivity contribution in [2.75, 3.05) is 83.3 Å². The van der Waals surface area contributed by atoms with Crippen LogP contribution in [-0.2, 0) is 17.8 Å². The molecule has 2 saturated heterocycles. The molecule has 0 radical (unpaired) electrons. The van der Waals surface area contributed by atoms with Gasteiger partial charge in [0.15, 0.2) is 0 Å². The van der Waals surface area contributed by atoms with Gasteiger partial charge >= 0.3 is 5.97 Å². The fraction of sp³-hybridized carbons (Fsp3) is 0.370. The van der Waals surface area contributed by atoms with E-state index < -0.39 is 5.97 Å². The summed E-state index contributed by atoms with van der Waals surface area (Å²) >= 11 is 0. The van der Waals surface area contributed by atoms with Gasteiger partial charge in [0, 0.05) is 94.9 Å². The largest absolute Gasteiger partial charge is 0.478 e. The van der Waals surface area contributed by atoms with Crippen LogP contribution in [0.25, 0.3) is 11.1 Å². The summed E-state index contributed by atoms with van der Waals surface area (Å²) in [7, 11) is 6.07. The Kier molecular flexibility index (Phi) is 15.3. The Hall–Kier alpha value is -6.50. The van der Waals surface area contributed by atoms with Crippen molar-refractivity contribution in [3.05, 3.63) is 153 Å². The number of carboxylic acids is 1. The Balaban J connectivity index is 1.01. The number of nitrogens with zero attached hydrogens (tertiary/aromatic N) is 5. The Morgan fingerprint density at radius 3 is 1.82 bits per heavy atom. The van der Waals surface area contributed by atoms with Crippen LogP contribution < -0.4 is 20.4 Å². The number of likely N-dealkylation sites (N-methyl/N-ethyl adjacent to an activating group) is 2. The summed E-state index contributed by atoms with van der Waals surface area (Å²) < 4.78 is 0. The molecular weight excluding hydrogens is 827 g/mol. The van der Waals surface area contributed by atoms with E-state index in [1.165, 1.54) is 0 Å². The number of carboxylic acid groups (broad SMARTS) is 1. The molecule has 12 heteroatoms. The van der Waals surface area contributed by atoms with Crippen LogP contribution in [-0.4, -0.2) is 117 Å². The molecule has 12 nitrogen and oxygen atoms in total. The van der Waals surface area contributed by atoms with E-state index in [4.69, 9.17) is 0 Å². The van der Waals surface area contributed by atoms with Crippen LogP contribution in [0.5, 0.6) is 0 Å². The van der Waals surface area contributed by atoms with Gasteiger partial charge in [0.2, 0.25) is 5.91 Å². The summed E-state index contributed by atoms with van der Waals surface area (Å²) in [5.74, 6) is -1.30. The second-order valence-corrected chi connectivity index (χ2v) is 18.3. The molecule has 2 fully saturated rings. The molecule has 2 aliphatic heterocycles. The topological polar surface area (TPSA) is 129 Å². The summed E-state index contributed by atoms with van der Waals surface area (Å²) in [4.78, 5) is 64.3. The van der Waals surface area contributed by atoms with E-state index in [-0.39, 0.29) is 35.4 Å². The summed E-state index contributed by atoms with van der Waals surface area (Å²) in [6.07, 6.45) is 0.850. The maximum Gasteiger partial charge on any atom is 0.335 e.